The summed E-state index contributed by atoms with van der Waals surface area (Å²) >= 11 is 2.00. The first kappa shape index (κ1) is 14.1. The summed E-state index contributed by atoms with van der Waals surface area (Å²) < 4.78 is 2.21. The molecule has 17 heavy (non-hydrogen) atoms. The van der Waals surface area contributed by atoms with E-state index in [9.17, 15) is 9.59 Å². The topological polar surface area (TPSA) is 90.0 Å². The standard InChI is InChI=1S/C10H15IN4O2/c1-7-9(11)10(17)15(6-13-7)5-3-2-4-8(16)14-12/h6H,2-5,12H2,1H3,(H,14,16). The lowest BCUT2D eigenvalue weighted by Gasteiger charge is -2.06. The van der Waals surface area contributed by atoms with Gasteiger partial charge in [-0.1, -0.05) is 0 Å². The number of nitrogens with two attached hydrogens (primary N) is 1. The van der Waals surface area contributed by atoms with Gasteiger partial charge in [-0.05, 0) is 42.4 Å². The number of carbonyl (C=O) groups excluding carboxylic acids is 1. The Morgan fingerprint density at radius 2 is 2.29 bits per heavy atom. The Hall–Kier alpha value is -0.960. The van der Waals surface area contributed by atoms with Crippen molar-refractivity contribution in [1.82, 2.24) is 15.0 Å². The zero-order chi connectivity index (χ0) is 12.8. The number of unbranched alkanes of at least 4 members (excludes halogenated alkanes) is 1. The van der Waals surface area contributed by atoms with E-state index in [-0.39, 0.29) is 11.5 Å². The van der Waals surface area contributed by atoms with E-state index in [1.807, 2.05) is 22.6 Å². The molecule has 0 aromatic carbocycles. The Kier molecular flexibility index (Phi) is 5.56. The van der Waals surface area contributed by atoms with Crippen molar-refractivity contribution in [1.29, 1.82) is 0 Å². The van der Waals surface area contributed by atoms with Crippen LogP contribution in [0, 0.1) is 10.5 Å². The predicted octanol–water partition coefficient (Wildman–Crippen LogP) is 0.317. The van der Waals surface area contributed by atoms with Gasteiger partial charge in [0.05, 0.1) is 15.6 Å². The third-order valence-electron chi connectivity index (χ3n) is 2.37. The minimum atomic E-state index is -0.186. The van der Waals surface area contributed by atoms with Gasteiger partial charge in [-0.2, -0.15) is 0 Å². The van der Waals surface area contributed by atoms with Crippen molar-refractivity contribution >= 4 is 28.5 Å². The molecule has 0 saturated heterocycles. The summed E-state index contributed by atoms with van der Waals surface area (Å²) in [6.07, 6.45) is 3.36. The summed E-state index contributed by atoms with van der Waals surface area (Å²) in [6, 6.07) is 0. The number of amides is 1. The van der Waals surface area contributed by atoms with Crippen LogP contribution in [0.2, 0.25) is 0 Å². The molecule has 0 atom stereocenters. The first-order valence-electron chi connectivity index (χ1n) is 5.27. The highest BCUT2D eigenvalue weighted by atomic mass is 127. The average molecular weight is 350 g/mol. The van der Waals surface area contributed by atoms with Gasteiger partial charge in [-0.15, -0.1) is 0 Å². The van der Waals surface area contributed by atoms with Crippen LogP contribution >= 0.6 is 22.6 Å². The molecule has 0 aliphatic heterocycles. The molecule has 1 aromatic heterocycles. The van der Waals surface area contributed by atoms with Crippen molar-refractivity contribution in [3.63, 3.8) is 0 Å². The second kappa shape index (κ2) is 6.70. The van der Waals surface area contributed by atoms with Crippen LogP contribution in [0.5, 0.6) is 0 Å². The van der Waals surface area contributed by atoms with Gasteiger partial charge < -0.3 is 0 Å². The highest BCUT2D eigenvalue weighted by Crippen LogP contribution is 2.03. The Balaban J connectivity index is 2.51. The van der Waals surface area contributed by atoms with Crippen LogP contribution < -0.4 is 16.8 Å². The maximum atomic E-state index is 11.8. The van der Waals surface area contributed by atoms with Crippen molar-refractivity contribution in [2.24, 2.45) is 5.84 Å². The molecule has 0 spiro atoms. The summed E-state index contributed by atoms with van der Waals surface area (Å²) in [6.45, 7) is 2.37. The SMILES string of the molecule is Cc1ncn(CCCCC(=O)NN)c(=O)c1I. The number of halogens is 1. The summed E-state index contributed by atoms with van der Waals surface area (Å²) in [4.78, 5) is 26.8. The molecule has 0 fully saturated rings. The third-order valence-corrected chi connectivity index (χ3v) is 3.61. The average Bonchev–Trinajstić information content (AvgIpc) is 2.33. The number of aryl methyl sites for hydroxylation is 2. The number of rotatable bonds is 5. The molecule has 6 nitrogen and oxygen atoms in total. The second-order valence-corrected chi connectivity index (χ2v) is 4.75. The molecular formula is C10H15IN4O2. The van der Waals surface area contributed by atoms with Crippen molar-refractivity contribution < 1.29 is 4.79 Å². The molecule has 94 valence electrons. The molecule has 0 aliphatic carbocycles. The second-order valence-electron chi connectivity index (χ2n) is 3.67. The molecule has 0 radical (unpaired) electrons. The van der Waals surface area contributed by atoms with Gasteiger partial charge in [0.15, 0.2) is 0 Å². The minimum Gasteiger partial charge on any atom is -0.298 e. The van der Waals surface area contributed by atoms with E-state index >= 15 is 0 Å². The lowest BCUT2D eigenvalue weighted by atomic mass is 10.2. The van der Waals surface area contributed by atoms with Gasteiger partial charge in [0, 0.05) is 13.0 Å². The molecule has 3 N–H and O–H groups in total. The van der Waals surface area contributed by atoms with Crippen LogP contribution in [0.15, 0.2) is 11.1 Å². The fourth-order valence-electron chi connectivity index (χ4n) is 1.35. The molecule has 1 amide bonds. The first-order valence-corrected chi connectivity index (χ1v) is 6.35. The molecule has 0 aliphatic rings. The molecule has 0 bridgehead atoms. The number of aromatic nitrogens is 2. The van der Waals surface area contributed by atoms with Crippen LogP contribution in [-0.2, 0) is 11.3 Å². The Labute approximate surface area is 113 Å². The van der Waals surface area contributed by atoms with E-state index in [1.54, 1.807) is 17.8 Å². The minimum absolute atomic E-state index is 0.0265. The summed E-state index contributed by atoms with van der Waals surface area (Å²) in [5.41, 5.74) is 2.79. The van der Waals surface area contributed by atoms with E-state index in [1.165, 1.54) is 0 Å². The van der Waals surface area contributed by atoms with Crippen LogP contribution in [0.4, 0.5) is 0 Å². The number of nitrogens with zero attached hydrogens (tertiary/aromatic N) is 2. The summed E-state index contributed by atoms with van der Waals surface area (Å²) in [5.74, 6) is 4.77. The largest absolute Gasteiger partial charge is 0.298 e. The number of carbonyl (C=O) groups is 1. The normalized spacial score (nSPS) is 10.3. The predicted molar refractivity (Wildman–Crippen MR) is 72.1 cm³/mol. The van der Waals surface area contributed by atoms with Crippen LogP contribution in [0.3, 0.4) is 0 Å². The number of hydrogen-bond acceptors (Lipinski definition) is 4. The van der Waals surface area contributed by atoms with Crippen molar-refractivity contribution in [2.75, 3.05) is 0 Å². The van der Waals surface area contributed by atoms with Crippen LogP contribution in [-0.4, -0.2) is 15.5 Å². The summed E-state index contributed by atoms with van der Waals surface area (Å²) in [5, 5.41) is 0. The van der Waals surface area contributed by atoms with Crippen molar-refractivity contribution in [3.05, 3.63) is 25.9 Å². The molecule has 7 heteroatoms. The maximum Gasteiger partial charge on any atom is 0.266 e. The van der Waals surface area contributed by atoms with Gasteiger partial charge in [0.2, 0.25) is 5.91 Å². The summed E-state index contributed by atoms with van der Waals surface area (Å²) in [7, 11) is 0. The van der Waals surface area contributed by atoms with E-state index in [0.717, 1.165) is 12.1 Å². The fraction of sp³-hybridized carbons (Fsp3) is 0.500. The van der Waals surface area contributed by atoms with E-state index in [0.29, 0.717) is 23.0 Å². The van der Waals surface area contributed by atoms with E-state index in [2.05, 4.69) is 10.4 Å². The van der Waals surface area contributed by atoms with E-state index < -0.39 is 0 Å². The Morgan fingerprint density at radius 1 is 1.59 bits per heavy atom. The quantitative estimate of drug-likeness (QED) is 0.263. The third kappa shape index (κ3) is 4.08. The van der Waals surface area contributed by atoms with Gasteiger partial charge in [-0.25, -0.2) is 10.8 Å². The van der Waals surface area contributed by atoms with Gasteiger partial charge >= 0.3 is 0 Å². The molecule has 1 aromatic rings. The fourth-order valence-corrected chi connectivity index (χ4v) is 1.79. The lowest BCUT2D eigenvalue weighted by molar-refractivity contribution is -0.121. The monoisotopic (exact) mass is 350 g/mol. The molecule has 0 saturated carbocycles. The lowest BCUT2D eigenvalue weighted by Crippen LogP contribution is -2.29. The zero-order valence-corrected chi connectivity index (χ0v) is 11.7. The highest BCUT2D eigenvalue weighted by Gasteiger charge is 2.05. The van der Waals surface area contributed by atoms with Gasteiger partial charge in [0.25, 0.3) is 5.56 Å². The number of hydrazine groups is 1. The molecule has 1 rings (SSSR count). The Bertz CT molecular complexity index is 458. The molecular weight excluding hydrogens is 335 g/mol. The van der Waals surface area contributed by atoms with Crippen LogP contribution in [0.25, 0.3) is 0 Å². The number of nitrogens with one attached hydrogen (secondary N) is 1. The van der Waals surface area contributed by atoms with Gasteiger partial charge in [0.1, 0.15) is 0 Å². The maximum absolute atomic E-state index is 11.8. The molecule has 1 heterocycles. The Morgan fingerprint density at radius 3 is 2.94 bits per heavy atom. The van der Waals surface area contributed by atoms with Crippen LogP contribution in [0.1, 0.15) is 25.0 Å². The van der Waals surface area contributed by atoms with Crippen molar-refractivity contribution in [2.45, 2.75) is 32.7 Å². The van der Waals surface area contributed by atoms with Gasteiger partial charge in [-0.3, -0.25) is 19.6 Å². The first-order chi connectivity index (χ1) is 8.06. The highest BCUT2D eigenvalue weighted by molar-refractivity contribution is 14.1. The molecule has 0 unspecified atom stereocenters. The van der Waals surface area contributed by atoms with E-state index in [4.69, 9.17) is 5.84 Å². The smallest absolute Gasteiger partial charge is 0.266 e. The zero-order valence-electron chi connectivity index (χ0n) is 9.57. The number of hydrogen-bond donors (Lipinski definition) is 2. The van der Waals surface area contributed by atoms with Crippen molar-refractivity contribution in [3.8, 4) is 0 Å².